The van der Waals surface area contributed by atoms with Gasteiger partial charge in [0.05, 0.1) is 24.7 Å². The van der Waals surface area contributed by atoms with Crippen LogP contribution >= 0.6 is 11.8 Å². The highest BCUT2D eigenvalue weighted by Crippen LogP contribution is 2.35. The van der Waals surface area contributed by atoms with Gasteiger partial charge in [-0.25, -0.2) is 0 Å². The van der Waals surface area contributed by atoms with Gasteiger partial charge in [-0.3, -0.25) is 24.1 Å². The molecule has 2 saturated heterocycles. The predicted molar refractivity (Wildman–Crippen MR) is 152 cm³/mol. The number of morpholine rings is 1. The largest absolute Gasteiger partial charge is 0.490 e. The fourth-order valence-electron chi connectivity index (χ4n) is 4.28. The number of amides is 4. The maximum Gasteiger partial charge on any atom is 0.294 e. The van der Waals surface area contributed by atoms with Crippen LogP contribution in [-0.2, 0) is 19.1 Å². The van der Waals surface area contributed by atoms with Gasteiger partial charge in [-0.05, 0) is 60.0 Å². The Morgan fingerprint density at radius 3 is 2.55 bits per heavy atom. The van der Waals surface area contributed by atoms with Crippen molar-refractivity contribution in [1.82, 2.24) is 9.80 Å². The van der Waals surface area contributed by atoms with Crippen LogP contribution in [0.4, 0.5) is 10.5 Å². The zero-order chi connectivity index (χ0) is 28.6. The molecule has 2 heterocycles. The number of thioether (sulfide) groups is 1. The first-order chi connectivity index (χ1) is 19.3. The lowest BCUT2D eigenvalue weighted by atomic mass is 10.0. The molecule has 0 aliphatic carbocycles. The summed E-state index contributed by atoms with van der Waals surface area (Å²) in [5.74, 6) is -0.0954. The molecule has 0 bridgehead atoms. The molecule has 0 saturated carbocycles. The van der Waals surface area contributed by atoms with Crippen LogP contribution in [0.15, 0.2) is 47.4 Å². The molecule has 4 rings (SSSR count). The van der Waals surface area contributed by atoms with E-state index in [0.717, 1.165) is 27.9 Å². The molecule has 40 heavy (non-hydrogen) atoms. The number of hydrogen-bond acceptors (Lipinski definition) is 8. The summed E-state index contributed by atoms with van der Waals surface area (Å²) in [4.78, 5) is 53.4. The third kappa shape index (κ3) is 7.22. The van der Waals surface area contributed by atoms with Gasteiger partial charge in [-0.1, -0.05) is 38.1 Å². The molecule has 10 nitrogen and oxygen atoms in total. The Hall–Kier alpha value is -3.83. The number of nitrogens with one attached hydrogen (secondary N) is 1. The topological polar surface area (TPSA) is 114 Å². The molecular weight excluding hydrogens is 534 g/mol. The van der Waals surface area contributed by atoms with Crippen molar-refractivity contribution in [3.63, 3.8) is 0 Å². The smallest absolute Gasteiger partial charge is 0.294 e. The molecule has 2 fully saturated rings. The number of benzene rings is 2. The molecule has 0 unspecified atom stereocenters. The lowest BCUT2D eigenvalue weighted by Gasteiger charge is -2.28. The van der Waals surface area contributed by atoms with Crippen molar-refractivity contribution >= 4 is 46.5 Å². The first-order valence-corrected chi connectivity index (χ1v) is 14.0. The SMILES string of the molecule is CCOc1cc(/C=C2/SC(=O)N(CC(=O)N3CCOCC3)C2=O)ccc1OCC(=O)Nc1ccccc1C(C)C. The highest BCUT2D eigenvalue weighted by molar-refractivity contribution is 8.18. The minimum atomic E-state index is -0.520. The molecule has 0 aromatic heterocycles. The van der Waals surface area contributed by atoms with Crippen LogP contribution in [0.3, 0.4) is 0 Å². The minimum Gasteiger partial charge on any atom is -0.490 e. The van der Waals surface area contributed by atoms with E-state index in [1.165, 1.54) is 0 Å². The van der Waals surface area contributed by atoms with Crippen LogP contribution in [0.5, 0.6) is 11.5 Å². The normalized spacial score (nSPS) is 16.6. The number of ether oxygens (including phenoxy) is 3. The van der Waals surface area contributed by atoms with E-state index in [4.69, 9.17) is 14.2 Å². The Kier molecular flexibility index (Phi) is 9.84. The van der Waals surface area contributed by atoms with Crippen molar-refractivity contribution in [3.8, 4) is 11.5 Å². The van der Waals surface area contributed by atoms with Crippen molar-refractivity contribution in [2.75, 3.05) is 51.4 Å². The van der Waals surface area contributed by atoms with Gasteiger partial charge in [0.1, 0.15) is 6.54 Å². The second kappa shape index (κ2) is 13.5. The first kappa shape index (κ1) is 29.2. The van der Waals surface area contributed by atoms with Gasteiger partial charge in [-0.15, -0.1) is 0 Å². The van der Waals surface area contributed by atoms with Gasteiger partial charge in [0, 0.05) is 18.8 Å². The molecule has 2 aromatic rings. The lowest BCUT2D eigenvalue weighted by Crippen LogP contribution is -2.46. The number of nitrogens with zero attached hydrogens (tertiary/aromatic N) is 2. The Labute approximate surface area is 237 Å². The fraction of sp³-hybridized carbons (Fsp3) is 0.379. The van der Waals surface area contributed by atoms with E-state index in [0.29, 0.717) is 50.0 Å². The van der Waals surface area contributed by atoms with Crippen LogP contribution in [-0.4, -0.2) is 78.8 Å². The third-order valence-electron chi connectivity index (χ3n) is 6.31. The Morgan fingerprint density at radius 2 is 1.82 bits per heavy atom. The van der Waals surface area contributed by atoms with Crippen LogP contribution in [0.25, 0.3) is 6.08 Å². The van der Waals surface area contributed by atoms with E-state index in [-0.39, 0.29) is 35.8 Å². The number of imide groups is 1. The van der Waals surface area contributed by atoms with Crippen molar-refractivity contribution < 1.29 is 33.4 Å². The first-order valence-electron chi connectivity index (χ1n) is 13.2. The molecule has 1 N–H and O–H groups in total. The van der Waals surface area contributed by atoms with Gasteiger partial charge in [0.25, 0.3) is 17.1 Å². The van der Waals surface area contributed by atoms with Crippen LogP contribution in [0.2, 0.25) is 0 Å². The van der Waals surface area contributed by atoms with Crippen LogP contribution in [0.1, 0.15) is 37.8 Å². The standard InChI is InChI=1S/C29H33N3O7S/c1-4-38-24-15-20(9-10-23(24)39-18-26(33)30-22-8-6-5-7-21(22)19(2)3)16-25-28(35)32(29(36)40-25)17-27(34)31-11-13-37-14-12-31/h5-10,15-16,19H,4,11-14,17-18H2,1-3H3,(H,30,33)/b25-16+. The molecule has 212 valence electrons. The maximum atomic E-state index is 12.9. The van der Waals surface area contributed by atoms with Crippen molar-refractivity contribution in [1.29, 1.82) is 0 Å². The zero-order valence-corrected chi connectivity index (χ0v) is 23.6. The van der Waals surface area contributed by atoms with Gasteiger partial charge in [0.2, 0.25) is 5.91 Å². The van der Waals surface area contributed by atoms with Crippen molar-refractivity contribution in [3.05, 3.63) is 58.5 Å². The quantitative estimate of drug-likeness (QED) is 0.427. The molecule has 2 aliphatic rings. The lowest BCUT2D eigenvalue weighted by molar-refractivity contribution is -0.139. The molecule has 0 radical (unpaired) electrons. The summed E-state index contributed by atoms with van der Waals surface area (Å²) in [5.41, 5.74) is 2.38. The predicted octanol–water partition coefficient (Wildman–Crippen LogP) is 4.12. The van der Waals surface area contributed by atoms with Gasteiger partial charge in [0.15, 0.2) is 18.1 Å². The number of para-hydroxylation sites is 1. The summed E-state index contributed by atoms with van der Waals surface area (Å²) < 4.78 is 16.7. The number of rotatable bonds is 10. The van der Waals surface area contributed by atoms with E-state index < -0.39 is 11.1 Å². The number of anilines is 1. The highest BCUT2D eigenvalue weighted by atomic mass is 32.2. The average Bonchev–Trinajstić information content (AvgIpc) is 3.20. The van der Waals surface area contributed by atoms with Crippen molar-refractivity contribution in [2.45, 2.75) is 26.7 Å². The number of carbonyl (C=O) groups excluding carboxylic acids is 4. The summed E-state index contributed by atoms with van der Waals surface area (Å²) in [6.45, 7) is 7.52. The molecule has 0 spiro atoms. The Morgan fingerprint density at radius 1 is 1.07 bits per heavy atom. The minimum absolute atomic E-state index is 0.207. The van der Waals surface area contributed by atoms with E-state index >= 15 is 0 Å². The van der Waals surface area contributed by atoms with E-state index in [1.807, 2.05) is 31.2 Å². The average molecular weight is 568 g/mol. The zero-order valence-electron chi connectivity index (χ0n) is 22.8. The number of hydrogen-bond donors (Lipinski definition) is 1. The molecule has 11 heteroatoms. The summed E-state index contributed by atoms with van der Waals surface area (Å²) >= 11 is 0.785. The van der Waals surface area contributed by atoms with Gasteiger partial charge < -0.3 is 24.4 Å². The maximum absolute atomic E-state index is 12.9. The monoisotopic (exact) mass is 567 g/mol. The Bertz CT molecular complexity index is 1300. The number of carbonyl (C=O) groups is 4. The fourth-order valence-corrected chi connectivity index (χ4v) is 5.12. The molecular formula is C29H33N3O7S. The van der Waals surface area contributed by atoms with Crippen LogP contribution in [0, 0.1) is 0 Å². The van der Waals surface area contributed by atoms with E-state index in [1.54, 1.807) is 29.2 Å². The van der Waals surface area contributed by atoms with Crippen LogP contribution < -0.4 is 14.8 Å². The van der Waals surface area contributed by atoms with Gasteiger partial charge in [-0.2, -0.15) is 0 Å². The molecule has 2 aliphatic heterocycles. The Balaban J connectivity index is 1.41. The van der Waals surface area contributed by atoms with E-state index in [2.05, 4.69) is 19.2 Å². The summed E-state index contributed by atoms with van der Waals surface area (Å²) in [6.07, 6.45) is 1.58. The molecule has 0 atom stereocenters. The second-order valence-corrected chi connectivity index (χ2v) is 10.5. The highest BCUT2D eigenvalue weighted by Gasteiger charge is 2.37. The molecule has 4 amide bonds. The summed E-state index contributed by atoms with van der Waals surface area (Å²) in [6, 6.07) is 12.7. The summed E-state index contributed by atoms with van der Waals surface area (Å²) in [5, 5.41) is 2.40. The summed E-state index contributed by atoms with van der Waals surface area (Å²) in [7, 11) is 0. The van der Waals surface area contributed by atoms with Crippen molar-refractivity contribution in [2.24, 2.45) is 0 Å². The second-order valence-electron chi connectivity index (χ2n) is 9.48. The van der Waals surface area contributed by atoms with E-state index in [9.17, 15) is 19.2 Å². The molecule has 2 aromatic carbocycles. The van der Waals surface area contributed by atoms with Gasteiger partial charge >= 0.3 is 0 Å². The third-order valence-corrected chi connectivity index (χ3v) is 7.22.